The molecule has 8 heteroatoms. The smallest absolute Gasteiger partial charge is 0.191 e. The van der Waals surface area contributed by atoms with Gasteiger partial charge in [0.1, 0.15) is 5.82 Å². The lowest BCUT2D eigenvalue weighted by molar-refractivity contribution is 0.128. The number of halogens is 1. The van der Waals surface area contributed by atoms with Crippen LogP contribution >= 0.6 is 0 Å². The summed E-state index contributed by atoms with van der Waals surface area (Å²) in [5.74, 6) is 0.135. The number of benzene rings is 1. The fourth-order valence-electron chi connectivity index (χ4n) is 3.07. The van der Waals surface area contributed by atoms with Gasteiger partial charge in [-0.1, -0.05) is 6.07 Å². The molecule has 0 heterocycles. The third-order valence-corrected chi connectivity index (χ3v) is 5.74. The van der Waals surface area contributed by atoms with Gasteiger partial charge in [0, 0.05) is 32.6 Å². The molecular weight excluding hydrogens is 381 g/mol. The van der Waals surface area contributed by atoms with Gasteiger partial charge in [0.15, 0.2) is 15.8 Å². The summed E-state index contributed by atoms with van der Waals surface area (Å²) >= 11 is 0. The van der Waals surface area contributed by atoms with Gasteiger partial charge < -0.3 is 15.4 Å². The van der Waals surface area contributed by atoms with E-state index in [0.717, 1.165) is 26.2 Å². The molecule has 1 aliphatic carbocycles. The Balaban J connectivity index is 2.03. The second kappa shape index (κ2) is 10.2. The molecule has 0 unspecified atom stereocenters. The van der Waals surface area contributed by atoms with Crippen molar-refractivity contribution in [1.82, 2.24) is 10.6 Å². The highest BCUT2D eigenvalue weighted by Crippen LogP contribution is 2.48. The molecule has 0 atom stereocenters. The lowest BCUT2D eigenvalue weighted by Gasteiger charge is -2.18. The van der Waals surface area contributed by atoms with Crippen molar-refractivity contribution >= 4 is 15.8 Å². The summed E-state index contributed by atoms with van der Waals surface area (Å²) < 4.78 is 42.4. The van der Waals surface area contributed by atoms with Crippen molar-refractivity contribution in [2.24, 2.45) is 10.4 Å². The molecule has 1 aromatic rings. The molecule has 0 bridgehead atoms. The Labute approximate surface area is 167 Å². The average molecular weight is 414 g/mol. The summed E-state index contributed by atoms with van der Waals surface area (Å²) in [6.07, 6.45) is 4.55. The first-order chi connectivity index (χ1) is 13.3. The van der Waals surface area contributed by atoms with Crippen molar-refractivity contribution in [3.05, 3.63) is 35.1 Å². The quantitative estimate of drug-likeness (QED) is 0.331. The van der Waals surface area contributed by atoms with Gasteiger partial charge in [-0.3, -0.25) is 0 Å². The van der Waals surface area contributed by atoms with Crippen molar-refractivity contribution in [3.63, 3.8) is 0 Å². The van der Waals surface area contributed by atoms with Crippen LogP contribution in [0.15, 0.2) is 23.2 Å². The van der Waals surface area contributed by atoms with E-state index in [9.17, 15) is 12.8 Å². The van der Waals surface area contributed by atoms with Gasteiger partial charge in [0.05, 0.1) is 12.3 Å². The minimum absolute atomic E-state index is 0.122. The van der Waals surface area contributed by atoms with E-state index in [1.165, 1.54) is 37.3 Å². The van der Waals surface area contributed by atoms with Gasteiger partial charge in [-0.15, -0.1) is 0 Å². The Bertz CT molecular complexity index is 777. The van der Waals surface area contributed by atoms with Crippen LogP contribution in [-0.4, -0.2) is 46.9 Å². The van der Waals surface area contributed by atoms with Gasteiger partial charge in [-0.2, -0.15) is 0 Å². The van der Waals surface area contributed by atoms with Gasteiger partial charge in [0.2, 0.25) is 0 Å². The van der Waals surface area contributed by atoms with Crippen molar-refractivity contribution < 1.29 is 17.5 Å². The Hall–Kier alpha value is -1.67. The molecule has 2 rings (SSSR count). The molecule has 2 N–H and O–H groups in total. The largest absolute Gasteiger partial charge is 0.382 e. The molecule has 158 valence electrons. The standard InChI is InChI=1S/C20H32FN3O3S/c1-4-22-19(24-15-20(8-9-20)10-11-27-5-2)23-13-17-12-18(21)7-6-16(17)14-28(3,25)26/h6-7,12H,4-5,8-11,13-15H2,1-3H3,(H2,22,23,24). The van der Waals surface area contributed by atoms with Crippen LogP contribution in [0, 0.1) is 11.2 Å². The summed E-state index contributed by atoms with van der Waals surface area (Å²) in [6, 6.07) is 4.17. The first-order valence-electron chi connectivity index (χ1n) is 9.82. The number of hydrogen-bond donors (Lipinski definition) is 2. The van der Waals surface area contributed by atoms with Crippen molar-refractivity contribution in [1.29, 1.82) is 0 Å². The Morgan fingerprint density at radius 3 is 2.61 bits per heavy atom. The maximum Gasteiger partial charge on any atom is 0.191 e. The highest BCUT2D eigenvalue weighted by molar-refractivity contribution is 7.89. The molecule has 28 heavy (non-hydrogen) atoms. The molecule has 0 aliphatic heterocycles. The molecule has 1 fully saturated rings. The number of ether oxygens (including phenoxy) is 1. The van der Waals surface area contributed by atoms with Crippen LogP contribution in [0.3, 0.4) is 0 Å². The number of nitrogens with one attached hydrogen (secondary N) is 2. The van der Waals surface area contributed by atoms with Gasteiger partial charge in [-0.05, 0) is 61.8 Å². The fourth-order valence-corrected chi connectivity index (χ4v) is 3.91. The molecule has 1 aromatic carbocycles. The average Bonchev–Trinajstić information content (AvgIpc) is 3.39. The topological polar surface area (TPSA) is 79.8 Å². The number of rotatable bonds is 11. The highest BCUT2D eigenvalue weighted by Gasteiger charge is 2.41. The minimum Gasteiger partial charge on any atom is -0.382 e. The zero-order valence-corrected chi connectivity index (χ0v) is 17.9. The molecule has 0 saturated heterocycles. The summed E-state index contributed by atoms with van der Waals surface area (Å²) in [5, 5.41) is 6.57. The second-order valence-corrected chi connectivity index (χ2v) is 9.62. The van der Waals surface area contributed by atoms with Crippen LogP contribution in [-0.2, 0) is 26.9 Å². The molecular formula is C20H32FN3O3S. The van der Waals surface area contributed by atoms with E-state index >= 15 is 0 Å². The van der Waals surface area contributed by atoms with E-state index in [-0.39, 0.29) is 17.7 Å². The lowest BCUT2D eigenvalue weighted by atomic mass is 10.0. The van der Waals surface area contributed by atoms with Gasteiger partial charge >= 0.3 is 0 Å². The Kier molecular flexibility index (Phi) is 8.24. The van der Waals surface area contributed by atoms with E-state index in [2.05, 4.69) is 15.6 Å². The van der Waals surface area contributed by atoms with Crippen LogP contribution in [0.5, 0.6) is 0 Å². The molecule has 0 radical (unpaired) electrons. The predicted octanol–water partition coefficient (Wildman–Crippen LogP) is 2.63. The third-order valence-electron chi connectivity index (χ3n) is 4.91. The first kappa shape index (κ1) is 22.6. The van der Waals surface area contributed by atoms with Crippen LogP contribution in [0.4, 0.5) is 4.39 Å². The van der Waals surface area contributed by atoms with E-state index in [4.69, 9.17) is 4.74 Å². The molecule has 6 nitrogen and oxygen atoms in total. The number of sulfone groups is 1. The molecule has 0 spiro atoms. The highest BCUT2D eigenvalue weighted by atomic mass is 32.2. The maximum absolute atomic E-state index is 13.7. The van der Waals surface area contributed by atoms with Crippen molar-refractivity contribution in [2.75, 3.05) is 32.6 Å². The monoisotopic (exact) mass is 413 g/mol. The summed E-state index contributed by atoms with van der Waals surface area (Å²) in [6.45, 7) is 7.21. The molecule has 1 aliphatic rings. The van der Waals surface area contributed by atoms with Crippen LogP contribution in [0.1, 0.15) is 44.2 Å². The molecule has 1 saturated carbocycles. The number of hydrogen-bond acceptors (Lipinski definition) is 4. The summed E-state index contributed by atoms with van der Waals surface area (Å²) in [5.41, 5.74) is 1.44. The van der Waals surface area contributed by atoms with Crippen LogP contribution in [0.25, 0.3) is 0 Å². The van der Waals surface area contributed by atoms with E-state index in [1.54, 1.807) is 0 Å². The Morgan fingerprint density at radius 2 is 2.00 bits per heavy atom. The lowest BCUT2D eigenvalue weighted by Crippen LogP contribution is -2.40. The zero-order chi connectivity index (χ0) is 20.6. The summed E-state index contributed by atoms with van der Waals surface area (Å²) in [7, 11) is -3.21. The summed E-state index contributed by atoms with van der Waals surface area (Å²) in [4.78, 5) is 4.54. The van der Waals surface area contributed by atoms with Crippen LogP contribution < -0.4 is 10.6 Å². The number of guanidine groups is 1. The van der Waals surface area contributed by atoms with Crippen molar-refractivity contribution in [3.8, 4) is 0 Å². The fraction of sp³-hybridized carbons (Fsp3) is 0.650. The van der Waals surface area contributed by atoms with Gasteiger partial charge in [0.25, 0.3) is 0 Å². The minimum atomic E-state index is -3.21. The van der Waals surface area contributed by atoms with Crippen LogP contribution in [0.2, 0.25) is 0 Å². The van der Waals surface area contributed by atoms with Gasteiger partial charge in [-0.25, -0.2) is 17.8 Å². The number of nitrogens with zero attached hydrogens (tertiary/aromatic N) is 1. The second-order valence-electron chi connectivity index (χ2n) is 7.48. The maximum atomic E-state index is 13.7. The predicted molar refractivity (Wildman–Crippen MR) is 111 cm³/mol. The number of aliphatic imine (C=N–C) groups is 1. The van der Waals surface area contributed by atoms with E-state index in [0.29, 0.717) is 23.6 Å². The Morgan fingerprint density at radius 1 is 1.25 bits per heavy atom. The van der Waals surface area contributed by atoms with E-state index in [1.807, 2.05) is 13.8 Å². The molecule has 0 amide bonds. The SMILES string of the molecule is CCNC(=NCc1cc(F)ccc1CS(C)(=O)=O)NCC1(CCOCC)CC1. The first-order valence-corrected chi connectivity index (χ1v) is 11.9. The molecule has 0 aromatic heterocycles. The normalized spacial score (nSPS) is 16.1. The zero-order valence-electron chi connectivity index (χ0n) is 17.1. The third kappa shape index (κ3) is 7.75. The van der Waals surface area contributed by atoms with Crippen molar-refractivity contribution in [2.45, 2.75) is 45.4 Å². The van der Waals surface area contributed by atoms with E-state index < -0.39 is 15.7 Å².